The van der Waals surface area contributed by atoms with Gasteiger partial charge in [-0.3, -0.25) is 14.4 Å². The molecular formula is C21H12ClFN2O3. The van der Waals surface area contributed by atoms with Crippen LogP contribution in [0, 0.1) is 5.82 Å². The van der Waals surface area contributed by atoms with E-state index in [1.165, 1.54) is 36.4 Å². The number of carbonyl (C=O) groups is 3. The van der Waals surface area contributed by atoms with Crippen LogP contribution in [0.1, 0.15) is 42.2 Å². The number of hydrogen-bond acceptors (Lipinski definition) is 4. The maximum atomic E-state index is 13.9. The van der Waals surface area contributed by atoms with E-state index in [0.717, 1.165) is 6.07 Å². The Morgan fingerprint density at radius 3 is 2.14 bits per heavy atom. The van der Waals surface area contributed by atoms with Crippen LogP contribution in [0.25, 0.3) is 0 Å². The highest BCUT2D eigenvalue weighted by Gasteiger charge is 2.35. The molecule has 5 nitrogen and oxygen atoms in total. The van der Waals surface area contributed by atoms with Gasteiger partial charge in [0, 0.05) is 11.1 Å². The van der Waals surface area contributed by atoms with Gasteiger partial charge in [-0.05, 0) is 18.2 Å². The lowest BCUT2D eigenvalue weighted by molar-refractivity contribution is 0.0979. The van der Waals surface area contributed by atoms with Gasteiger partial charge in [0.2, 0.25) is 0 Å². The summed E-state index contributed by atoms with van der Waals surface area (Å²) in [5.41, 5.74) is 5.99. The molecular weight excluding hydrogens is 383 g/mol. The molecule has 0 atom stereocenters. The molecule has 4 rings (SSSR count). The van der Waals surface area contributed by atoms with E-state index in [-0.39, 0.29) is 44.2 Å². The third-order valence-electron chi connectivity index (χ3n) is 4.55. The van der Waals surface area contributed by atoms with Gasteiger partial charge in [-0.15, -0.1) is 0 Å². The Morgan fingerprint density at radius 1 is 0.929 bits per heavy atom. The molecule has 28 heavy (non-hydrogen) atoms. The first-order valence-electron chi connectivity index (χ1n) is 8.26. The van der Waals surface area contributed by atoms with E-state index in [1.807, 2.05) is 0 Å². The quantitative estimate of drug-likeness (QED) is 0.501. The first-order valence-corrected chi connectivity index (χ1v) is 8.64. The summed E-state index contributed by atoms with van der Waals surface area (Å²) in [7, 11) is 0. The second-order valence-corrected chi connectivity index (χ2v) is 6.61. The minimum Gasteiger partial charge on any atom is -0.397 e. The van der Waals surface area contributed by atoms with E-state index >= 15 is 0 Å². The molecule has 0 bridgehead atoms. The van der Waals surface area contributed by atoms with Crippen molar-refractivity contribution < 1.29 is 18.8 Å². The molecule has 0 spiro atoms. The van der Waals surface area contributed by atoms with Crippen molar-refractivity contribution in [2.75, 3.05) is 11.1 Å². The summed E-state index contributed by atoms with van der Waals surface area (Å²) in [5, 5.41) is 2.49. The average Bonchev–Trinajstić information content (AvgIpc) is 2.69. The first-order chi connectivity index (χ1) is 13.4. The van der Waals surface area contributed by atoms with Crippen LogP contribution in [0.2, 0.25) is 5.02 Å². The van der Waals surface area contributed by atoms with Crippen LogP contribution in [0.3, 0.4) is 0 Å². The van der Waals surface area contributed by atoms with Crippen molar-refractivity contribution in [1.82, 2.24) is 0 Å². The zero-order valence-corrected chi connectivity index (χ0v) is 15.0. The van der Waals surface area contributed by atoms with Crippen molar-refractivity contribution in [3.05, 3.63) is 93.3 Å². The Balaban J connectivity index is 1.88. The Kier molecular flexibility index (Phi) is 4.20. The number of nitrogens with two attached hydrogens (primary N) is 1. The molecule has 7 heteroatoms. The van der Waals surface area contributed by atoms with Crippen LogP contribution in [0.4, 0.5) is 15.8 Å². The maximum absolute atomic E-state index is 13.9. The molecule has 0 saturated carbocycles. The molecule has 0 radical (unpaired) electrons. The van der Waals surface area contributed by atoms with E-state index in [4.69, 9.17) is 17.3 Å². The highest BCUT2D eigenvalue weighted by Crippen LogP contribution is 2.39. The standard InChI is InChI=1S/C21H12ClFN2O3/c22-13-9-15(25-21(28)12-7-3-4-8-14(12)23)16-17(18(13)24)20(27)11-6-2-1-5-10(11)19(16)26/h1-9H,24H2,(H,25,28). The highest BCUT2D eigenvalue weighted by molar-refractivity contribution is 6.38. The van der Waals surface area contributed by atoms with Gasteiger partial charge in [-0.1, -0.05) is 48.0 Å². The number of rotatable bonds is 2. The second kappa shape index (κ2) is 6.58. The topological polar surface area (TPSA) is 89.3 Å². The monoisotopic (exact) mass is 394 g/mol. The van der Waals surface area contributed by atoms with E-state index in [9.17, 15) is 18.8 Å². The number of fused-ring (bicyclic) bond motifs is 2. The van der Waals surface area contributed by atoms with Gasteiger partial charge in [0.05, 0.1) is 33.1 Å². The van der Waals surface area contributed by atoms with Crippen molar-refractivity contribution in [3.63, 3.8) is 0 Å². The fraction of sp³-hybridized carbons (Fsp3) is 0. The Labute approximate surface area is 163 Å². The number of carbonyl (C=O) groups excluding carboxylic acids is 3. The largest absolute Gasteiger partial charge is 0.397 e. The van der Waals surface area contributed by atoms with E-state index in [0.29, 0.717) is 0 Å². The molecule has 3 N–H and O–H groups in total. The molecule has 1 aliphatic rings. The average molecular weight is 395 g/mol. The molecule has 0 aromatic heterocycles. The lowest BCUT2D eigenvalue weighted by atomic mass is 9.82. The van der Waals surface area contributed by atoms with Crippen LogP contribution >= 0.6 is 11.6 Å². The number of benzene rings is 3. The molecule has 0 heterocycles. The van der Waals surface area contributed by atoms with E-state index in [1.54, 1.807) is 12.1 Å². The molecule has 0 saturated heterocycles. The Hall–Kier alpha value is -3.51. The van der Waals surface area contributed by atoms with Gasteiger partial charge in [0.1, 0.15) is 5.82 Å². The Bertz CT molecular complexity index is 1190. The molecule has 0 fully saturated rings. The second-order valence-electron chi connectivity index (χ2n) is 6.21. The highest BCUT2D eigenvalue weighted by atomic mass is 35.5. The first kappa shape index (κ1) is 17.9. The normalized spacial score (nSPS) is 12.4. The number of amides is 1. The molecule has 3 aromatic carbocycles. The maximum Gasteiger partial charge on any atom is 0.258 e. The molecule has 0 unspecified atom stereocenters. The van der Waals surface area contributed by atoms with Gasteiger partial charge in [0.25, 0.3) is 5.91 Å². The Morgan fingerprint density at radius 2 is 1.50 bits per heavy atom. The van der Waals surface area contributed by atoms with Crippen molar-refractivity contribution in [1.29, 1.82) is 0 Å². The van der Waals surface area contributed by atoms with E-state index in [2.05, 4.69) is 5.32 Å². The summed E-state index contributed by atoms with van der Waals surface area (Å²) in [6, 6.07) is 13.0. The van der Waals surface area contributed by atoms with Gasteiger partial charge in [-0.25, -0.2) is 4.39 Å². The lowest BCUT2D eigenvalue weighted by Crippen LogP contribution is -2.25. The molecule has 3 aromatic rings. The minimum absolute atomic E-state index is 0.00288. The van der Waals surface area contributed by atoms with Gasteiger partial charge < -0.3 is 11.1 Å². The van der Waals surface area contributed by atoms with Crippen LogP contribution < -0.4 is 11.1 Å². The van der Waals surface area contributed by atoms with Crippen LogP contribution in [0.15, 0.2) is 54.6 Å². The fourth-order valence-electron chi connectivity index (χ4n) is 3.22. The summed E-state index contributed by atoms with van der Waals surface area (Å²) in [5.74, 6) is -2.44. The number of hydrogen-bond donors (Lipinski definition) is 2. The summed E-state index contributed by atoms with van der Waals surface area (Å²) < 4.78 is 13.9. The van der Waals surface area contributed by atoms with Crippen LogP contribution in [0.5, 0.6) is 0 Å². The third kappa shape index (κ3) is 2.66. The van der Waals surface area contributed by atoms with Gasteiger partial charge >= 0.3 is 0 Å². The number of anilines is 2. The molecule has 0 aliphatic heterocycles. The lowest BCUT2D eigenvalue weighted by Gasteiger charge is -2.22. The zero-order valence-electron chi connectivity index (χ0n) is 14.3. The zero-order chi connectivity index (χ0) is 20.0. The van der Waals surface area contributed by atoms with Crippen LogP contribution in [-0.4, -0.2) is 17.5 Å². The minimum atomic E-state index is -0.778. The van der Waals surface area contributed by atoms with Gasteiger partial charge in [0.15, 0.2) is 11.6 Å². The van der Waals surface area contributed by atoms with Gasteiger partial charge in [-0.2, -0.15) is 0 Å². The summed E-state index contributed by atoms with van der Waals surface area (Å²) in [6.45, 7) is 0. The third-order valence-corrected chi connectivity index (χ3v) is 4.87. The molecule has 1 aliphatic carbocycles. The van der Waals surface area contributed by atoms with Crippen molar-refractivity contribution >= 4 is 40.4 Å². The number of ketones is 2. The fourth-order valence-corrected chi connectivity index (χ4v) is 3.42. The van der Waals surface area contributed by atoms with Crippen LogP contribution in [-0.2, 0) is 0 Å². The summed E-state index contributed by atoms with van der Waals surface area (Å²) >= 11 is 6.14. The SMILES string of the molecule is Nc1c(Cl)cc(NC(=O)c2ccccc2F)c2c1C(=O)c1ccccc1C2=O. The number of nitrogens with one attached hydrogen (secondary N) is 1. The summed E-state index contributed by atoms with van der Waals surface area (Å²) in [4.78, 5) is 38.5. The number of halogens is 2. The predicted octanol–water partition coefficient (Wildman–Crippen LogP) is 4.09. The smallest absolute Gasteiger partial charge is 0.258 e. The summed E-state index contributed by atoms with van der Waals surface area (Å²) in [6.07, 6.45) is 0. The number of nitrogen functional groups attached to an aromatic ring is 1. The molecule has 138 valence electrons. The van der Waals surface area contributed by atoms with Crippen molar-refractivity contribution in [2.45, 2.75) is 0 Å². The van der Waals surface area contributed by atoms with Crippen molar-refractivity contribution in [2.24, 2.45) is 0 Å². The van der Waals surface area contributed by atoms with E-state index < -0.39 is 23.3 Å². The predicted molar refractivity (Wildman–Crippen MR) is 104 cm³/mol. The molecule has 1 amide bonds. The van der Waals surface area contributed by atoms with Crippen molar-refractivity contribution in [3.8, 4) is 0 Å².